The number of benzene rings is 2. The summed E-state index contributed by atoms with van der Waals surface area (Å²) < 4.78 is 11.9. The number of fused-ring (bicyclic) bond motifs is 3. The number of nitrogens with zero attached hydrogens (tertiary/aromatic N) is 3. The number of nitrogens with one attached hydrogen (secondary N) is 1. The van der Waals surface area contributed by atoms with Crippen molar-refractivity contribution in [2.24, 2.45) is 5.10 Å². The summed E-state index contributed by atoms with van der Waals surface area (Å²) in [6.07, 6.45) is 5.44. The predicted molar refractivity (Wildman–Crippen MR) is 158 cm³/mol. The van der Waals surface area contributed by atoms with Crippen molar-refractivity contribution in [2.45, 2.75) is 37.8 Å². The van der Waals surface area contributed by atoms with Crippen LogP contribution >= 0.6 is 34.7 Å². The highest BCUT2D eigenvalue weighted by Gasteiger charge is 2.23. The van der Waals surface area contributed by atoms with Gasteiger partial charge in [0, 0.05) is 16.8 Å². The number of ether oxygens (including phenoxy) is 2. The molecule has 0 aliphatic heterocycles. The number of hydrazone groups is 1. The fraction of sp³-hybridized carbons (Fsp3) is 0.250. The van der Waals surface area contributed by atoms with Crippen LogP contribution in [0.2, 0.25) is 5.02 Å². The van der Waals surface area contributed by atoms with E-state index in [1.54, 1.807) is 58.4 Å². The van der Waals surface area contributed by atoms with E-state index in [1.165, 1.54) is 25.1 Å². The van der Waals surface area contributed by atoms with Crippen molar-refractivity contribution >= 4 is 63.0 Å². The highest BCUT2D eigenvalue weighted by Crippen LogP contribution is 2.35. The highest BCUT2D eigenvalue weighted by atomic mass is 35.5. The van der Waals surface area contributed by atoms with Crippen molar-refractivity contribution in [3.05, 3.63) is 73.8 Å². The molecule has 40 heavy (non-hydrogen) atoms. The van der Waals surface area contributed by atoms with Gasteiger partial charge in [-0.15, -0.1) is 11.3 Å². The molecule has 0 saturated heterocycles. The second-order valence-electron chi connectivity index (χ2n) is 8.99. The maximum Gasteiger partial charge on any atom is 0.308 e. The zero-order valence-electron chi connectivity index (χ0n) is 21.7. The normalized spacial score (nSPS) is 12.9. The van der Waals surface area contributed by atoms with Gasteiger partial charge in [0.25, 0.3) is 11.5 Å². The lowest BCUT2D eigenvalue weighted by Gasteiger charge is -2.13. The summed E-state index contributed by atoms with van der Waals surface area (Å²) in [5.74, 6) is -0.193. The number of esters is 1. The molecular formula is C28H25ClN4O5S2. The number of aromatic nitrogens is 2. The Kier molecular flexibility index (Phi) is 8.53. The Labute approximate surface area is 243 Å². The Hall–Kier alpha value is -3.67. The molecule has 206 valence electrons. The molecule has 9 nitrogen and oxygen atoms in total. The molecule has 0 saturated carbocycles. The summed E-state index contributed by atoms with van der Waals surface area (Å²) in [4.78, 5) is 44.4. The monoisotopic (exact) mass is 596 g/mol. The molecule has 5 rings (SSSR count). The number of thioether (sulfide) groups is 1. The van der Waals surface area contributed by atoms with Crippen LogP contribution in [0.15, 0.2) is 57.5 Å². The standard InChI is InChI=1S/C28H25ClN4O5S2/c1-16(34)38-21-12-7-17(13-22(21)37-2)14-30-32-24(35)15-39-28-31-26-25(20-5-3-4-6-23(20)40-26)27(36)33(28)19-10-8-18(29)9-11-19/h7-14H,3-6,15H2,1-2H3,(H,32,35). The highest BCUT2D eigenvalue weighted by molar-refractivity contribution is 7.99. The average molecular weight is 597 g/mol. The number of thiophene rings is 1. The number of amides is 1. The first-order chi connectivity index (χ1) is 19.3. The van der Waals surface area contributed by atoms with Gasteiger partial charge in [0.1, 0.15) is 4.83 Å². The first-order valence-corrected chi connectivity index (χ1v) is 14.7. The minimum Gasteiger partial charge on any atom is -0.493 e. The minimum absolute atomic E-state index is 0.0112. The molecule has 1 amide bonds. The number of carbonyl (C=O) groups excluding carboxylic acids is 2. The molecule has 0 bridgehead atoms. The lowest BCUT2D eigenvalue weighted by atomic mass is 9.97. The van der Waals surface area contributed by atoms with Crippen LogP contribution in [-0.4, -0.2) is 40.5 Å². The lowest BCUT2D eigenvalue weighted by molar-refractivity contribution is -0.132. The number of hydrogen-bond donors (Lipinski definition) is 1. The lowest BCUT2D eigenvalue weighted by Crippen LogP contribution is -2.24. The zero-order valence-corrected chi connectivity index (χ0v) is 24.1. The molecule has 0 unspecified atom stereocenters. The maximum absolute atomic E-state index is 13.8. The zero-order chi connectivity index (χ0) is 28.2. The molecule has 0 radical (unpaired) electrons. The van der Waals surface area contributed by atoms with E-state index in [4.69, 9.17) is 26.1 Å². The van der Waals surface area contributed by atoms with Crippen molar-refractivity contribution < 1.29 is 19.1 Å². The summed E-state index contributed by atoms with van der Waals surface area (Å²) in [6.45, 7) is 1.30. The van der Waals surface area contributed by atoms with Crippen molar-refractivity contribution in [2.75, 3.05) is 12.9 Å². The molecule has 0 atom stereocenters. The molecule has 2 aromatic carbocycles. The topological polar surface area (TPSA) is 112 Å². The van der Waals surface area contributed by atoms with Gasteiger partial charge < -0.3 is 9.47 Å². The van der Waals surface area contributed by atoms with E-state index in [0.717, 1.165) is 43.0 Å². The van der Waals surface area contributed by atoms with Gasteiger partial charge in [-0.25, -0.2) is 10.4 Å². The summed E-state index contributed by atoms with van der Waals surface area (Å²) in [6, 6.07) is 11.9. The molecular weight excluding hydrogens is 572 g/mol. The third-order valence-electron chi connectivity index (χ3n) is 6.22. The van der Waals surface area contributed by atoms with Gasteiger partial charge in [0.15, 0.2) is 16.7 Å². The fourth-order valence-corrected chi connectivity index (χ4v) is 6.68. The summed E-state index contributed by atoms with van der Waals surface area (Å²) in [5, 5.41) is 5.67. The first kappa shape index (κ1) is 27.9. The quantitative estimate of drug-likeness (QED) is 0.0747. The van der Waals surface area contributed by atoms with Crippen molar-refractivity contribution in [1.29, 1.82) is 0 Å². The van der Waals surface area contributed by atoms with Crippen LogP contribution < -0.4 is 20.5 Å². The first-order valence-electron chi connectivity index (χ1n) is 12.5. The van der Waals surface area contributed by atoms with Crippen LogP contribution in [0.5, 0.6) is 11.5 Å². The number of carbonyl (C=O) groups is 2. The van der Waals surface area contributed by atoms with Crippen molar-refractivity contribution in [3.8, 4) is 17.2 Å². The van der Waals surface area contributed by atoms with Crippen LogP contribution in [0.3, 0.4) is 0 Å². The summed E-state index contributed by atoms with van der Waals surface area (Å²) >= 11 is 8.82. The molecule has 4 aromatic rings. The third-order valence-corrected chi connectivity index (χ3v) is 8.60. The van der Waals surface area contributed by atoms with E-state index in [0.29, 0.717) is 37.4 Å². The van der Waals surface area contributed by atoms with Crippen LogP contribution in [0.4, 0.5) is 0 Å². The van der Waals surface area contributed by atoms with Crippen molar-refractivity contribution in [3.63, 3.8) is 0 Å². The van der Waals surface area contributed by atoms with Gasteiger partial charge in [-0.05, 0) is 79.3 Å². The Balaban J connectivity index is 1.35. The molecule has 0 fully saturated rings. The SMILES string of the molecule is COc1cc(C=NNC(=O)CSc2nc3sc4c(c3c(=O)n2-c2ccc(Cl)cc2)CCCC4)ccc1OC(C)=O. The summed E-state index contributed by atoms with van der Waals surface area (Å²) in [7, 11) is 1.46. The summed E-state index contributed by atoms with van der Waals surface area (Å²) in [5.41, 5.74) is 4.72. The number of halogens is 1. The number of aryl methyl sites for hydroxylation is 2. The van der Waals surface area contributed by atoms with Crippen LogP contribution in [0.25, 0.3) is 15.9 Å². The number of rotatable bonds is 8. The number of methoxy groups -OCH3 is 1. The van der Waals surface area contributed by atoms with Gasteiger partial charge >= 0.3 is 5.97 Å². The van der Waals surface area contributed by atoms with E-state index in [9.17, 15) is 14.4 Å². The van der Waals surface area contributed by atoms with E-state index < -0.39 is 5.97 Å². The molecule has 1 aliphatic rings. The maximum atomic E-state index is 13.8. The molecule has 2 heterocycles. The van der Waals surface area contributed by atoms with E-state index in [-0.39, 0.29) is 23.0 Å². The smallest absolute Gasteiger partial charge is 0.308 e. The van der Waals surface area contributed by atoms with E-state index in [2.05, 4.69) is 10.5 Å². The molecule has 1 aliphatic carbocycles. The van der Waals surface area contributed by atoms with Gasteiger partial charge in [-0.1, -0.05) is 23.4 Å². The van der Waals surface area contributed by atoms with Gasteiger partial charge in [0.2, 0.25) is 0 Å². The third kappa shape index (κ3) is 6.06. The van der Waals surface area contributed by atoms with Crippen LogP contribution in [-0.2, 0) is 22.4 Å². The van der Waals surface area contributed by atoms with Gasteiger partial charge in [-0.3, -0.25) is 19.0 Å². The number of hydrogen-bond acceptors (Lipinski definition) is 9. The molecule has 12 heteroatoms. The van der Waals surface area contributed by atoms with Gasteiger partial charge in [-0.2, -0.15) is 5.10 Å². The van der Waals surface area contributed by atoms with Gasteiger partial charge in [0.05, 0.1) is 30.2 Å². The molecule has 2 aromatic heterocycles. The molecule has 0 spiro atoms. The van der Waals surface area contributed by atoms with E-state index >= 15 is 0 Å². The Morgan fingerprint density at radius 1 is 1.18 bits per heavy atom. The largest absolute Gasteiger partial charge is 0.493 e. The predicted octanol–water partition coefficient (Wildman–Crippen LogP) is 5.16. The van der Waals surface area contributed by atoms with Crippen molar-refractivity contribution in [1.82, 2.24) is 15.0 Å². The Morgan fingerprint density at radius 2 is 1.95 bits per heavy atom. The second-order valence-corrected chi connectivity index (χ2v) is 11.5. The Morgan fingerprint density at radius 3 is 2.70 bits per heavy atom. The van der Waals surface area contributed by atoms with Crippen LogP contribution in [0.1, 0.15) is 35.8 Å². The Bertz CT molecular complexity index is 1680. The fourth-order valence-electron chi connectivity index (χ4n) is 4.45. The second kappa shape index (κ2) is 12.2. The average Bonchev–Trinajstić information content (AvgIpc) is 3.32. The van der Waals surface area contributed by atoms with Crippen LogP contribution in [0, 0.1) is 0 Å². The van der Waals surface area contributed by atoms with E-state index in [1.807, 2.05) is 0 Å². The minimum atomic E-state index is -0.460. The molecule has 1 N–H and O–H groups in total.